The molecule has 1 aliphatic heterocycles. The van der Waals surface area contributed by atoms with Crippen LogP contribution >= 0.6 is 0 Å². The summed E-state index contributed by atoms with van der Waals surface area (Å²) in [5, 5.41) is 29.5. The summed E-state index contributed by atoms with van der Waals surface area (Å²) in [6.45, 7) is 11.0. The topological polar surface area (TPSA) is 96.2 Å². The van der Waals surface area contributed by atoms with Gasteiger partial charge in [0.2, 0.25) is 0 Å². The number of hydrogen-bond donors (Lipinski definition) is 3. The van der Waals surface area contributed by atoms with E-state index in [1.165, 1.54) is 0 Å². The van der Waals surface area contributed by atoms with E-state index in [-0.39, 0.29) is 6.10 Å². The molecule has 4 atom stereocenters. The fourth-order valence-electron chi connectivity index (χ4n) is 3.72. The summed E-state index contributed by atoms with van der Waals surface area (Å²) in [7, 11) is 0. The average Bonchev–Trinajstić information content (AvgIpc) is 2.93. The molecule has 166 valence electrons. The Kier molecular flexibility index (Phi) is 7.99. The van der Waals surface area contributed by atoms with Crippen LogP contribution in [0.15, 0.2) is 24.3 Å². The number of carboxylic acids is 1. The van der Waals surface area contributed by atoms with Crippen molar-refractivity contribution in [1.29, 1.82) is 0 Å². The maximum Gasteiger partial charge on any atom is 0.336 e. The number of carboxylic acid groups (broad SMARTS) is 1. The number of ether oxygens (including phenoxy) is 2. The van der Waals surface area contributed by atoms with Gasteiger partial charge in [-0.2, -0.15) is 0 Å². The summed E-state index contributed by atoms with van der Waals surface area (Å²) in [6, 6.07) is 1.88. The van der Waals surface area contributed by atoms with Crippen molar-refractivity contribution in [1.82, 2.24) is 0 Å². The lowest BCUT2D eigenvalue weighted by Gasteiger charge is -2.19. The molecule has 0 radical (unpaired) electrons. The molecule has 30 heavy (non-hydrogen) atoms. The van der Waals surface area contributed by atoms with Gasteiger partial charge in [0, 0.05) is 0 Å². The second kappa shape index (κ2) is 9.88. The fourth-order valence-corrected chi connectivity index (χ4v) is 3.72. The first-order chi connectivity index (χ1) is 13.9. The molecule has 0 amide bonds. The van der Waals surface area contributed by atoms with Crippen LogP contribution in [0.3, 0.4) is 0 Å². The van der Waals surface area contributed by atoms with Gasteiger partial charge in [-0.1, -0.05) is 30.4 Å². The van der Waals surface area contributed by atoms with Crippen molar-refractivity contribution in [2.45, 2.75) is 84.6 Å². The first kappa shape index (κ1) is 24.3. The minimum absolute atomic E-state index is 0.302. The molecule has 1 aromatic carbocycles. The summed E-state index contributed by atoms with van der Waals surface area (Å²) in [4.78, 5) is 11.8. The number of aryl methyl sites for hydroxylation is 1. The number of benzene rings is 1. The lowest BCUT2D eigenvalue weighted by atomic mass is 9.93. The third-order valence-corrected chi connectivity index (χ3v) is 5.44. The Morgan fingerprint density at radius 1 is 1.17 bits per heavy atom. The van der Waals surface area contributed by atoms with Gasteiger partial charge >= 0.3 is 5.97 Å². The number of rotatable bonds is 8. The van der Waals surface area contributed by atoms with E-state index in [4.69, 9.17) is 9.47 Å². The predicted molar refractivity (Wildman–Crippen MR) is 117 cm³/mol. The third-order valence-electron chi connectivity index (χ3n) is 5.44. The molecule has 1 saturated heterocycles. The van der Waals surface area contributed by atoms with Gasteiger partial charge in [0.05, 0.1) is 17.8 Å². The zero-order chi connectivity index (χ0) is 22.6. The van der Waals surface area contributed by atoms with Crippen LogP contribution in [-0.2, 0) is 9.47 Å². The molecular formula is C24H34O6. The quantitative estimate of drug-likeness (QED) is 0.554. The normalized spacial score (nSPS) is 23.3. The molecule has 6 heteroatoms. The minimum Gasteiger partial charge on any atom is -0.478 e. The van der Waals surface area contributed by atoms with Crippen molar-refractivity contribution in [2.75, 3.05) is 0 Å². The van der Waals surface area contributed by atoms with Crippen LogP contribution in [0.25, 0.3) is 6.08 Å². The van der Waals surface area contributed by atoms with Gasteiger partial charge in [0.25, 0.3) is 0 Å². The van der Waals surface area contributed by atoms with E-state index in [9.17, 15) is 20.1 Å². The first-order valence-corrected chi connectivity index (χ1v) is 10.3. The van der Waals surface area contributed by atoms with Crippen LogP contribution in [-0.4, -0.2) is 51.5 Å². The maximum atomic E-state index is 11.8. The Hall–Kier alpha value is -1.99. The Balaban J connectivity index is 2.19. The van der Waals surface area contributed by atoms with Crippen molar-refractivity contribution in [3.63, 3.8) is 0 Å². The summed E-state index contributed by atoms with van der Waals surface area (Å²) >= 11 is 0. The molecule has 0 aliphatic carbocycles. The number of hydrogen-bond acceptors (Lipinski definition) is 5. The number of aromatic carboxylic acids is 1. The predicted octanol–water partition coefficient (Wildman–Crippen LogP) is 3.92. The summed E-state index contributed by atoms with van der Waals surface area (Å²) in [5.41, 5.74) is 3.73. The highest BCUT2D eigenvalue weighted by atomic mass is 16.8. The standard InChI is InChI=1S/C24H34O6/c1-14-13-18(21(23(27)28)17(4)16(14)3)10-8-12-20-22(30-24(5,6)29-20)19(26)11-7-9-15(2)25/h7-8,10-11,13,15,19-20,22,25-26H,9,12H2,1-6H3,(H,27,28)/b10-8+,11-7-/t15-,19?,20+,22+/m0/s1. The molecule has 0 spiro atoms. The van der Waals surface area contributed by atoms with Crippen LogP contribution in [0.4, 0.5) is 0 Å². The largest absolute Gasteiger partial charge is 0.478 e. The van der Waals surface area contributed by atoms with E-state index in [2.05, 4.69) is 0 Å². The molecule has 1 fully saturated rings. The minimum atomic E-state index is -0.951. The molecule has 1 aliphatic rings. The van der Waals surface area contributed by atoms with Crippen molar-refractivity contribution >= 4 is 12.0 Å². The highest BCUT2D eigenvalue weighted by Gasteiger charge is 2.43. The first-order valence-electron chi connectivity index (χ1n) is 10.3. The van der Waals surface area contributed by atoms with E-state index >= 15 is 0 Å². The molecule has 0 saturated carbocycles. The van der Waals surface area contributed by atoms with Crippen LogP contribution in [0.1, 0.15) is 66.2 Å². The number of aliphatic hydroxyl groups excluding tert-OH is 2. The summed E-state index contributed by atoms with van der Waals surface area (Å²) in [5.74, 6) is -1.78. The van der Waals surface area contributed by atoms with Gasteiger partial charge in [-0.15, -0.1) is 0 Å². The molecule has 1 heterocycles. The van der Waals surface area contributed by atoms with E-state index in [0.29, 0.717) is 24.0 Å². The number of aliphatic hydroxyl groups is 2. The Morgan fingerprint density at radius 3 is 2.43 bits per heavy atom. The Labute approximate surface area is 178 Å². The van der Waals surface area contributed by atoms with Crippen LogP contribution in [0.5, 0.6) is 0 Å². The summed E-state index contributed by atoms with van der Waals surface area (Å²) in [6.07, 6.45) is 5.62. The lowest BCUT2D eigenvalue weighted by Crippen LogP contribution is -2.34. The monoisotopic (exact) mass is 418 g/mol. The third kappa shape index (κ3) is 6.01. The van der Waals surface area contributed by atoms with Crippen LogP contribution in [0, 0.1) is 20.8 Å². The van der Waals surface area contributed by atoms with Crippen molar-refractivity contribution in [2.24, 2.45) is 0 Å². The molecule has 3 N–H and O–H groups in total. The molecule has 1 aromatic rings. The molecule has 1 unspecified atom stereocenters. The number of carbonyl (C=O) groups is 1. The van der Waals surface area contributed by atoms with Gasteiger partial charge in [0.15, 0.2) is 5.79 Å². The smallest absolute Gasteiger partial charge is 0.336 e. The van der Waals surface area contributed by atoms with Gasteiger partial charge < -0.3 is 24.8 Å². The molecule has 6 nitrogen and oxygen atoms in total. The van der Waals surface area contributed by atoms with Gasteiger partial charge in [-0.05, 0) is 76.6 Å². The Bertz CT molecular complexity index is 821. The zero-order valence-corrected chi connectivity index (χ0v) is 18.7. The van der Waals surface area contributed by atoms with Crippen molar-refractivity contribution in [3.8, 4) is 0 Å². The SMILES string of the molecule is Cc1cc(/C=C/C[C@H]2OC(C)(C)O[C@@H]2C(O)/C=C\C[C@H](C)O)c(C(=O)O)c(C)c1C. The molecule has 2 rings (SSSR count). The maximum absolute atomic E-state index is 11.8. The van der Waals surface area contributed by atoms with E-state index in [1.807, 2.05) is 32.9 Å². The zero-order valence-electron chi connectivity index (χ0n) is 18.7. The van der Waals surface area contributed by atoms with Gasteiger partial charge in [-0.3, -0.25) is 0 Å². The Morgan fingerprint density at radius 2 is 1.83 bits per heavy atom. The van der Waals surface area contributed by atoms with Crippen LogP contribution in [0.2, 0.25) is 0 Å². The van der Waals surface area contributed by atoms with E-state index in [0.717, 1.165) is 16.7 Å². The molecule has 0 aromatic heterocycles. The average molecular weight is 419 g/mol. The van der Waals surface area contributed by atoms with Gasteiger partial charge in [0.1, 0.15) is 12.2 Å². The van der Waals surface area contributed by atoms with Crippen molar-refractivity contribution < 1.29 is 29.6 Å². The lowest BCUT2D eigenvalue weighted by molar-refractivity contribution is -0.152. The highest BCUT2D eigenvalue weighted by Crippen LogP contribution is 2.33. The highest BCUT2D eigenvalue weighted by molar-refractivity contribution is 5.94. The van der Waals surface area contributed by atoms with Gasteiger partial charge in [-0.25, -0.2) is 4.79 Å². The van der Waals surface area contributed by atoms with Crippen molar-refractivity contribution in [3.05, 3.63) is 52.1 Å². The summed E-state index contributed by atoms with van der Waals surface area (Å²) < 4.78 is 11.8. The van der Waals surface area contributed by atoms with E-state index < -0.39 is 30.1 Å². The fraction of sp³-hybridized carbons (Fsp3) is 0.542. The molecular weight excluding hydrogens is 384 g/mol. The van der Waals surface area contributed by atoms with Crippen LogP contribution < -0.4 is 0 Å². The van der Waals surface area contributed by atoms with E-state index in [1.54, 1.807) is 39.0 Å². The molecule has 0 bridgehead atoms. The second-order valence-corrected chi connectivity index (χ2v) is 8.49. The second-order valence-electron chi connectivity index (χ2n) is 8.49.